The number of hydrogen-bond acceptors (Lipinski definition) is 4. The number of pyridine rings is 1. The van der Waals surface area contributed by atoms with Gasteiger partial charge in [0.05, 0.1) is 11.7 Å². The standard InChI is InChI=1S/C10H13N3O2/c11-10(15)6-1-2-9(12-5-6)13-7-3-8(14)4-7/h1-2,5,7-8,14H,3-4H2,(H2,11,15)(H,12,13). The zero-order valence-corrected chi connectivity index (χ0v) is 8.18. The van der Waals surface area contributed by atoms with E-state index in [1.165, 1.54) is 6.20 Å². The maximum Gasteiger partial charge on any atom is 0.250 e. The number of nitrogens with zero attached hydrogens (tertiary/aromatic N) is 1. The van der Waals surface area contributed by atoms with Crippen molar-refractivity contribution < 1.29 is 9.90 Å². The number of amides is 1. The van der Waals surface area contributed by atoms with E-state index in [1.807, 2.05) is 0 Å². The van der Waals surface area contributed by atoms with Gasteiger partial charge in [-0.3, -0.25) is 4.79 Å². The number of aliphatic hydroxyl groups is 1. The van der Waals surface area contributed by atoms with Crippen LogP contribution in [-0.2, 0) is 0 Å². The Morgan fingerprint density at radius 1 is 1.53 bits per heavy atom. The molecule has 1 amide bonds. The highest BCUT2D eigenvalue weighted by Crippen LogP contribution is 2.22. The zero-order valence-electron chi connectivity index (χ0n) is 8.18. The largest absolute Gasteiger partial charge is 0.393 e. The number of carbonyl (C=O) groups excluding carboxylic acids is 1. The number of primary amides is 1. The molecule has 0 radical (unpaired) electrons. The van der Waals surface area contributed by atoms with Gasteiger partial charge in [-0.15, -0.1) is 0 Å². The van der Waals surface area contributed by atoms with Crippen molar-refractivity contribution in [2.24, 2.45) is 5.73 Å². The molecule has 0 spiro atoms. The number of carbonyl (C=O) groups is 1. The number of rotatable bonds is 3. The van der Waals surface area contributed by atoms with E-state index in [-0.39, 0.29) is 12.1 Å². The molecule has 1 aliphatic carbocycles. The fourth-order valence-corrected chi connectivity index (χ4v) is 1.54. The molecule has 0 unspecified atom stereocenters. The molecular weight excluding hydrogens is 194 g/mol. The Labute approximate surface area is 87.3 Å². The van der Waals surface area contributed by atoms with Gasteiger partial charge in [-0.05, 0) is 25.0 Å². The van der Waals surface area contributed by atoms with Crippen molar-refractivity contribution in [2.75, 3.05) is 5.32 Å². The van der Waals surface area contributed by atoms with Crippen LogP contribution in [-0.4, -0.2) is 28.1 Å². The minimum Gasteiger partial charge on any atom is -0.393 e. The molecule has 5 nitrogen and oxygen atoms in total. The van der Waals surface area contributed by atoms with Crippen LogP contribution in [0.25, 0.3) is 0 Å². The Morgan fingerprint density at radius 3 is 2.73 bits per heavy atom. The Balaban J connectivity index is 1.95. The Hall–Kier alpha value is -1.62. The van der Waals surface area contributed by atoms with Gasteiger partial charge in [0.1, 0.15) is 5.82 Å². The fraction of sp³-hybridized carbons (Fsp3) is 0.400. The molecule has 1 aliphatic rings. The van der Waals surface area contributed by atoms with Gasteiger partial charge in [0.15, 0.2) is 0 Å². The van der Waals surface area contributed by atoms with Crippen molar-refractivity contribution in [3.05, 3.63) is 23.9 Å². The van der Waals surface area contributed by atoms with E-state index < -0.39 is 5.91 Å². The lowest BCUT2D eigenvalue weighted by atomic mass is 9.89. The van der Waals surface area contributed by atoms with Crippen LogP contribution in [0.2, 0.25) is 0 Å². The molecule has 2 rings (SSSR count). The van der Waals surface area contributed by atoms with Crippen LogP contribution in [0.1, 0.15) is 23.2 Å². The molecule has 0 saturated heterocycles. The molecule has 0 aromatic carbocycles. The molecule has 4 N–H and O–H groups in total. The van der Waals surface area contributed by atoms with Crippen LogP contribution >= 0.6 is 0 Å². The Bertz CT molecular complexity index is 357. The highest BCUT2D eigenvalue weighted by atomic mass is 16.3. The molecule has 0 atom stereocenters. The molecular formula is C10H13N3O2. The fourth-order valence-electron chi connectivity index (χ4n) is 1.54. The van der Waals surface area contributed by atoms with Crippen molar-refractivity contribution in [3.8, 4) is 0 Å². The van der Waals surface area contributed by atoms with Gasteiger partial charge in [-0.1, -0.05) is 0 Å². The number of hydrogen-bond donors (Lipinski definition) is 3. The van der Waals surface area contributed by atoms with Crippen LogP contribution in [0.15, 0.2) is 18.3 Å². The lowest BCUT2D eigenvalue weighted by molar-refractivity contribution is 0.0835. The van der Waals surface area contributed by atoms with Crippen LogP contribution in [0.3, 0.4) is 0 Å². The van der Waals surface area contributed by atoms with Gasteiger partial charge >= 0.3 is 0 Å². The lowest BCUT2D eigenvalue weighted by Crippen LogP contribution is -2.39. The van der Waals surface area contributed by atoms with Crippen LogP contribution in [0, 0.1) is 0 Å². The monoisotopic (exact) mass is 207 g/mol. The second-order valence-corrected chi connectivity index (χ2v) is 3.76. The average molecular weight is 207 g/mol. The van der Waals surface area contributed by atoms with Gasteiger partial charge in [0.2, 0.25) is 5.91 Å². The molecule has 5 heteroatoms. The zero-order chi connectivity index (χ0) is 10.8. The normalized spacial score (nSPS) is 24.3. The van der Waals surface area contributed by atoms with E-state index >= 15 is 0 Å². The molecule has 1 aromatic heterocycles. The minimum atomic E-state index is -0.479. The highest BCUT2D eigenvalue weighted by Gasteiger charge is 2.26. The number of nitrogens with two attached hydrogens (primary N) is 1. The summed E-state index contributed by atoms with van der Waals surface area (Å²) in [6.07, 6.45) is 2.76. The van der Waals surface area contributed by atoms with Gasteiger partial charge < -0.3 is 16.2 Å². The van der Waals surface area contributed by atoms with E-state index in [1.54, 1.807) is 12.1 Å². The van der Waals surface area contributed by atoms with Gasteiger partial charge in [-0.25, -0.2) is 4.98 Å². The third kappa shape index (κ3) is 2.24. The molecule has 0 aliphatic heterocycles. The molecule has 1 fully saturated rings. The van der Waals surface area contributed by atoms with Gasteiger partial charge in [0, 0.05) is 12.2 Å². The summed E-state index contributed by atoms with van der Waals surface area (Å²) < 4.78 is 0. The third-order valence-corrected chi connectivity index (χ3v) is 2.51. The average Bonchev–Trinajstić information content (AvgIpc) is 2.16. The van der Waals surface area contributed by atoms with Crippen molar-refractivity contribution in [1.82, 2.24) is 4.98 Å². The molecule has 80 valence electrons. The summed E-state index contributed by atoms with van der Waals surface area (Å²) in [5, 5.41) is 12.2. The van der Waals surface area contributed by atoms with Gasteiger partial charge in [-0.2, -0.15) is 0 Å². The lowest BCUT2D eigenvalue weighted by Gasteiger charge is -2.32. The van der Waals surface area contributed by atoms with E-state index in [4.69, 9.17) is 10.8 Å². The minimum absolute atomic E-state index is 0.188. The van der Waals surface area contributed by atoms with Crippen molar-refractivity contribution in [3.63, 3.8) is 0 Å². The van der Waals surface area contributed by atoms with Gasteiger partial charge in [0.25, 0.3) is 0 Å². The second kappa shape index (κ2) is 3.86. The Kier molecular flexibility index (Phi) is 2.55. The topological polar surface area (TPSA) is 88.2 Å². The summed E-state index contributed by atoms with van der Waals surface area (Å²) >= 11 is 0. The maximum absolute atomic E-state index is 10.8. The molecule has 15 heavy (non-hydrogen) atoms. The maximum atomic E-state index is 10.8. The number of nitrogens with one attached hydrogen (secondary N) is 1. The molecule has 0 bridgehead atoms. The van der Waals surface area contributed by atoms with E-state index in [0.29, 0.717) is 11.4 Å². The first-order valence-corrected chi connectivity index (χ1v) is 4.85. The Morgan fingerprint density at radius 2 is 2.27 bits per heavy atom. The first-order chi connectivity index (χ1) is 7.15. The van der Waals surface area contributed by atoms with Crippen molar-refractivity contribution in [1.29, 1.82) is 0 Å². The number of anilines is 1. The van der Waals surface area contributed by atoms with E-state index in [0.717, 1.165) is 12.8 Å². The van der Waals surface area contributed by atoms with Crippen LogP contribution in [0.5, 0.6) is 0 Å². The summed E-state index contributed by atoms with van der Waals surface area (Å²) in [6.45, 7) is 0. The summed E-state index contributed by atoms with van der Waals surface area (Å²) in [7, 11) is 0. The second-order valence-electron chi connectivity index (χ2n) is 3.76. The summed E-state index contributed by atoms with van der Waals surface area (Å²) in [5.74, 6) is 0.227. The molecule has 1 saturated carbocycles. The first kappa shape index (κ1) is 9.92. The smallest absolute Gasteiger partial charge is 0.250 e. The van der Waals surface area contributed by atoms with Crippen molar-refractivity contribution in [2.45, 2.75) is 25.0 Å². The highest BCUT2D eigenvalue weighted by molar-refractivity contribution is 5.92. The SMILES string of the molecule is NC(=O)c1ccc(NC2CC(O)C2)nc1. The van der Waals surface area contributed by atoms with Crippen LogP contribution in [0.4, 0.5) is 5.82 Å². The molecule has 1 aromatic rings. The van der Waals surface area contributed by atoms with Crippen molar-refractivity contribution >= 4 is 11.7 Å². The third-order valence-electron chi connectivity index (χ3n) is 2.51. The number of aliphatic hydroxyl groups excluding tert-OH is 1. The van der Waals surface area contributed by atoms with Crippen LogP contribution < -0.4 is 11.1 Å². The summed E-state index contributed by atoms with van der Waals surface area (Å²) in [5.41, 5.74) is 5.49. The first-order valence-electron chi connectivity index (χ1n) is 4.85. The predicted molar refractivity (Wildman–Crippen MR) is 55.4 cm³/mol. The van der Waals surface area contributed by atoms with E-state index in [9.17, 15) is 4.79 Å². The summed E-state index contributed by atoms with van der Waals surface area (Å²) in [6, 6.07) is 3.63. The quantitative estimate of drug-likeness (QED) is 0.656. The number of aromatic nitrogens is 1. The molecule has 1 heterocycles. The predicted octanol–water partition coefficient (Wildman–Crippen LogP) is 0.116. The summed E-state index contributed by atoms with van der Waals surface area (Å²) in [4.78, 5) is 14.8. The van der Waals surface area contributed by atoms with E-state index in [2.05, 4.69) is 10.3 Å².